The Bertz CT molecular complexity index is 962. The molecule has 8 heteroatoms. The first-order valence-corrected chi connectivity index (χ1v) is 7.92. The van der Waals surface area contributed by atoms with Crippen LogP contribution in [0.5, 0.6) is 11.5 Å². The lowest BCUT2D eigenvalue weighted by Gasteiger charge is -2.16. The van der Waals surface area contributed by atoms with E-state index in [1.807, 2.05) is 26.8 Å². The van der Waals surface area contributed by atoms with Gasteiger partial charge in [0.1, 0.15) is 4.60 Å². The van der Waals surface area contributed by atoms with Crippen LogP contribution in [0.25, 0.3) is 5.57 Å². The maximum Gasteiger partial charge on any atom is 0.315 e. The van der Waals surface area contributed by atoms with Crippen LogP contribution in [0.2, 0.25) is 0 Å². The molecule has 0 saturated heterocycles. The van der Waals surface area contributed by atoms with Gasteiger partial charge in [-0.2, -0.15) is 5.26 Å². The maximum absolute atomic E-state index is 11.1. The van der Waals surface area contributed by atoms with Gasteiger partial charge in [0.2, 0.25) is 5.75 Å². The Morgan fingerprint density at radius 3 is 2.52 bits per heavy atom. The number of nitrogens with zero attached hydrogens (tertiary/aromatic N) is 3. The lowest BCUT2D eigenvalue weighted by Crippen LogP contribution is -2.02. The van der Waals surface area contributed by atoms with E-state index in [4.69, 9.17) is 5.26 Å². The summed E-state index contributed by atoms with van der Waals surface area (Å²) >= 11 is 3.37. The molecule has 1 aromatic carbocycles. The minimum atomic E-state index is -0.820. The van der Waals surface area contributed by atoms with Crippen molar-refractivity contribution in [3.63, 3.8) is 0 Å². The predicted octanol–water partition coefficient (Wildman–Crippen LogP) is 4.04. The van der Waals surface area contributed by atoms with E-state index in [9.17, 15) is 20.3 Å². The van der Waals surface area contributed by atoms with Crippen LogP contribution in [0, 0.1) is 42.2 Å². The van der Waals surface area contributed by atoms with Gasteiger partial charge in [0.15, 0.2) is 5.75 Å². The Morgan fingerprint density at radius 1 is 1.32 bits per heavy atom. The van der Waals surface area contributed by atoms with E-state index in [1.54, 1.807) is 0 Å². The molecule has 25 heavy (non-hydrogen) atoms. The first-order valence-electron chi connectivity index (χ1n) is 7.13. The number of aromatic nitrogens is 1. The number of phenolic OH excluding ortho intramolecular Hbond substituents is 2. The van der Waals surface area contributed by atoms with Crippen molar-refractivity contribution in [3.8, 4) is 17.6 Å². The zero-order chi connectivity index (χ0) is 18.9. The summed E-state index contributed by atoms with van der Waals surface area (Å²) in [5.74, 6) is -1.46. The quantitative estimate of drug-likeness (QED) is 0.262. The largest absolute Gasteiger partial charge is 0.504 e. The van der Waals surface area contributed by atoms with Gasteiger partial charge in [0, 0.05) is 29.0 Å². The number of benzene rings is 1. The van der Waals surface area contributed by atoms with Crippen molar-refractivity contribution in [1.29, 1.82) is 5.26 Å². The summed E-state index contributed by atoms with van der Waals surface area (Å²) in [5, 5.41) is 39.8. The zero-order valence-electron chi connectivity index (χ0n) is 13.7. The molecule has 0 atom stereocenters. The maximum atomic E-state index is 11.1. The van der Waals surface area contributed by atoms with Crippen molar-refractivity contribution < 1.29 is 15.1 Å². The lowest BCUT2D eigenvalue weighted by atomic mass is 9.92. The molecule has 2 N–H and O–H groups in total. The molecular formula is C17H14BrN3O4. The highest BCUT2D eigenvalue weighted by molar-refractivity contribution is 9.10. The van der Waals surface area contributed by atoms with Gasteiger partial charge >= 0.3 is 5.69 Å². The fourth-order valence-electron chi connectivity index (χ4n) is 2.48. The van der Waals surface area contributed by atoms with Gasteiger partial charge < -0.3 is 10.2 Å². The molecular weight excluding hydrogens is 390 g/mol. The average Bonchev–Trinajstić information content (AvgIpc) is 2.54. The lowest BCUT2D eigenvalue weighted by molar-refractivity contribution is -0.386. The van der Waals surface area contributed by atoms with Crippen LogP contribution >= 0.6 is 15.9 Å². The smallest absolute Gasteiger partial charge is 0.315 e. The number of aryl methyl sites for hydroxylation is 1. The monoisotopic (exact) mass is 403 g/mol. The van der Waals surface area contributed by atoms with Gasteiger partial charge in [-0.3, -0.25) is 10.1 Å². The first kappa shape index (κ1) is 18.4. The predicted molar refractivity (Wildman–Crippen MR) is 95.3 cm³/mol. The Morgan fingerprint density at radius 2 is 1.96 bits per heavy atom. The number of aromatic hydroxyl groups is 2. The minimum Gasteiger partial charge on any atom is -0.504 e. The number of halogens is 1. The van der Waals surface area contributed by atoms with Crippen molar-refractivity contribution in [3.05, 3.63) is 60.9 Å². The van der Waals surface area contributed by atoms with E-state index in [1.165, 1.54) is 12.1 Å². The SMILES string of the molecule is Cc1nc(Br)c(/C(=C\C#N)c2cc(O)c(O)c([N+](=O)[O-])c2)c(C)c1C. The van der Waals surface area contributed by atoms with Gasteiger partial charge in [-0.05, 0) is 59.5 Å². The molecule has 0 bridgehead atoms. The van der Waals surface area contributed by atoms with Crippen LogP contribution in [-0.4, -0.2) is 20.1 Å². The van der Waals surface area contributed by atoms with Gasteiger partial charge in [0.25, 0.3) is 0 Å². The third kappa shape index (κ3) is 3.32. The third-order valence-electron chi connectivity index (χ3n) is 4.01. The normalized spacial score (nSPS) is 11.2. The zero-order valence-corrected chi connectivity index (χ0v) is 15.2. The molecule has 0 spiro atoms. The van der Waals surface area contributed by atoms with E-state index >= 15 is 0 Å². The van der Waals surface area contributed by atoms with Crippen molar-refractivity contribution in [2.75, 3.05) is 0 Å². The molecule has 0 fully saturated rings. The fraction of sp³-hybridized carbons (Fsp3) is 0.176. The van der Waals surface area contributed by atoms with Gasteiger partial charge in [-0.25, -0.2) is 4.98 Å². The summed E-state index contributed by atoms with van der Waals surface area (Å²) in [5.41, 5.74) is 3.08. The summed E-state index contributed by atoms with van der Waals surface area (Å²) in [6.07, 6.45) is 1.22. The Hall–Kier alpha value is -2.92. The van der Waals surface area contributed by atoms with Crippen LogP contribution in [0.3, 0.4) is 0 Å². The number of hydrogen-bond donors (Lipinski definition) is 2. The number of nitriles is 1. The second-order valence-electron chi connectivity index (χ2n) is 5.42. The van der Waals surface area contributed by atoms with Gasteiger partial charge in [0.05, 0.1) is 11.0 Å². The van der Waals surface area contributed by atoms with E-state index in [-0.39, 0.29) is 5.56 Å². The number of rotatable bonds is 3. The topological polar surface area (TPSA) is 120 Å². The Balaban J connectivity index is 2.84. The molecule has 1 aromatic heterocycles. The summed E-state index contributed by atoms with van der Waals surface area (Å²) in [6.45, 7) is 5.58. The Labute approximate surface area is 152 Å². The highest BCUT2D eigenvalue weighted by atomic mass is 79.9. The number of phenols is 2. The van der Waals surface area contributed by atoms with E-state index < -0.39 is 22.1 Å². The first-order chi connectivity index (χ1) is 11.7. The second kappa shape index (κ2) is 6.91. The standard InChI is InChI=1S/C17H14BrN3O4/c1-8-9(2)15(17(18)20-10(8)3)12(4-5-19)11-6-13(21(24)25)16(23)14(22)7-11/h4,6-7,22-23H,1-3H3/b12-4-. The number of pyridine rings is 1. The molecule has 1 heterocycles. The van der Waals surface area contributed by atoms with Crippen LogP contribution in [0.15, 0.2) is 22.8 Å². The van der Waals surface area contributed by atoms with Crippen molar-refractivity contribution in [1.82, 2.24) is 4.98 Å². The third-order valence-corrected chi connectivity index (χ3v) is 4.58. The molecule has 0 saturated carbocycles. The van der Waals surface area contributed by atoms with E-state index in [0.29, 0.717) is 15.7 Å². The number of allylic oxidation sites excluding steroid dienone is 1. The van der Waals surface area contributed by atoms with Crippen molar-refractivity contribution >= 4 is 27.2 Å². The van der Waals surface area contributed by atoms with Crippen LogP contribution < -0.4 is 0 Å². The summed E-state index contributed by atoms with van der Waals surface area (Å²) in [4.78, 5) is 14.7. The minimum absolute atomic E-state index is 0.220. The summed E-state index contributed by atoms with van der Waals surface area (Å²) < 4.78 is 0.477. The van der Waals surface area contributed by atoms with E-state index in [0.717, 1.165) is 22.9 Å². The fourth-order valence-corrected chi connectivity index (χ4v) is 3.25. The number of nitro benzene ring substituents is 1. The van der Waals surface area contributed by atoms with Crippen LogP contribution in [-0.2, 0) is 0 Å². The molecule has 0 unspecified atom stereocenters. The number of nitro groups is 1. The summed E-state index contributed by atoms with van der Waals surface area (Å²) in [6, 6.07) is 4.20. The molecule has 0 amide bonds. The highest BCUT2D eigenvalue weighted by Gasteiger charge is 2.23. The molecule has 0 radical (unpaired) electrons. The van der Waals surface area contributed by atoms with Crippen LogP contribution in [0.1, 0.15) is 27.9 Å². The summed E-state index contributed by atoms with van der Waals surface area (Å²) in [7, 11) is 0. The second-order valence-corrected chi connectivity index (χ2v) is 6.17. The molecule has 128 valence electrons. The van der Waals surface area contributed by atoms with Crippen molar-refractivity contribution in [2.45, 2.75) is 20.8 Å². The van der Waals surface area contributed by atoms with Gasteiger partial charge in [-0.1, -0.05) is 0 Å². The van der Waals surface area contributed by atoms with Crippen molar-refractivity contribution in [2.24, 2.45) is 0 Å². The van der Waals surface area contributed by atoms with Crippen LogP contribution in [0.4, 0.5) is 5.69 Å². The molecule has 7 nitrogen and oxygen atoms in total. The molecule has 0 aliphatic rings. The Kier molecular flexibility index (Phi) is 5.09. The molecule has 0 aliphatic heterocycles. The average molecular weight is 404 g/mol. The molecule has 0 aliphatic carbocycles. The molecule has 2 aromatic rings. The number of hydrogen-bond acceptors (Lipinski definition) is 6. The molecule has 2 rings (SSSR count). The van der Waals surface area contributed by atoms with Gasteiger partial charge in [-0.15, -0.1) is 0 Å². The highest BCUT2D eigenvalue weighted by Crippen LogP contribution is 2.41. The van der Waals surface area contributed by atoms with E-state index in [2.05, 4.69) is 20.9 Å².